The van der Waals surface area contributed by atoms with Crippen molar-refractivity contribution in [2.24, 2.45) is 5.92 Å². The van der Waals surface area contributed by atoms with Crippen LogP contribution < -0.4 is 5.56 Å². The second-order valence-corrected chi connectivity index (χ2v) is 7.31. The molecule has 6 nitrogen and oxygen atoms in total. The van der Waals surface area contributed by atoms with Gasteiger partial charge in [0.1, 0.15) is 5.82 Å². The van der Waals surface area contributed by atoms with Crippen LogP contribution in [0.2, 0.25) is 0 Å². The molecule has 0 saturated carbocycles. The Morgan fingerprint density at radius 3 is 2.75 bits per heavy atom. The molecule has 1 aromatic carbocycles. The molecule has 28 heavy (non-hydrogen) atoms. The van der Waals surface area contributed by atoms with Gasteiger partial charge in [0.15, 0.2) is 22.9 Å². The summed E-state index contributed by atoms with van der Waals surface area (Å²) < 4.78 is 29.7. The number of rotatable bonds is 4. The number of pyridine rings is 1. The van der Waals surface area contributed by atoms with E-state index in [1.807, 2.05) is 11.5 Å². The fourth-order valence-corrected chi connectivity index (χ4v) is 3.35. The minimum atomic E-state index is -1.07. The van der Waals surface area contributed by atoms with Crippen molar-refractivity contribution >= 4 is 22.2 Å². The fourth-order valence-electron chi connectivity index (χ4n) is 3.35. The third-order valence-corrected chi connectivity index (χ3v) is 4.57. The highest BCUT2D eigenvalue weighted by atomic mass is 19.2. The fraction of sp³-hybridized carbons (Fsp3) is 0.300. The van der Waals surface area contributed by atoms with Crippen LogP contribution in [-0.2, 0) is 13.0 Å². The van der Waals surface area contributed by atoms with Gasteiger partial charge in [0.2, 0.25) is 5.56 Å². The third-order valence-electron chi connectivity index (χ3n) is 4.57. The summed E-state index contributed by atoms with van der Waals surface area (Å²) in [5.74, 6) is -0.939. The third kappa shape index (κ3) is 3.15. The lowest BCUT2D eigenvalue weighted by Gasteiger charge is -2.12. The Bertz CT molecular complexity index is 1260. The number of halogens is 2. The molecular formula is C20H19F2N5O. The van der Waals surface area contributed by atoms with E-state index in [9.17, 15) is 13.6 Å². The van der Waals surface area contributed by atoms with E-state index < -0.39 is 17.2 Å². The summed E-state index contributed by atoms with van der Waals surface area (Å²) in [6.45, 7) is 6.25. The normalized spacial score (nSPS) is 11.8. The summed E-state index contributed by atoms with van der Waals surface area (Å²) in [4.78, 5) is 28.0. The molecule has 0 bridgehead atoms. The largest absolute Gasteiger partial charge is 0.319 e. The molecule has 3 heterocycles. The van der Waals surface area contributed by atoms with Gasteiger partial charge in [-0.25, -0.2) is 23.7 Å². The first-order chi connectivity index (χ1) is 13.3. The molecule has 4 rings (SSSR count). The monoisotopic (exact) mass is 383 g/mol. The molecule has 0 aliphatic carbocycles. The zero-order chi connectivity index (χ0) is 20.0. The number of fused-ring (bicyclic) bond motifs is 2. The molecule has 0 aliphatic rings. The lowest BCUT2D eigenvalue weighted by Crippen LogP contribution is -2.13. The molecule has 0 fully saturated rings. The van der Waals surface area contributed by atoms with Crippen molar-refractivity contribution < 1.29 is 8.78 Å². The quantitative estimate of drug-likeness (QED) is 0.585. The van der Waals surface area contributed by atoms with Crippen molar-refractivity contribution in [2.45, 2.75) is 33.7 Å². The van der Waals surface area contributed by atoms with Gasteiger partial charge in [-0.2, -0.15) is 0 Å². The Morgan fingerprint density at radius 2 is 2.00 bits per heavy atom. The number of nitrogens with zero attached hydrogens (tertiary/aromatic N) is 4. The van der Waals surface area contributed by atoms with Crippen LogP contribution >= 0.6 is 0 Å². The Balaban J connectivity index is 1.93. The zero-order valence-corrected chi connectivity index (χ0v) is 15.8. The number of aryl methyl sites for hydroxylation is 1. The molecule has 4 aromatic rings. The number of hydrogen-bond acceptors (Lipinski definition) is 4. The van der Waals surface area contributed by atoms with E-state index in [4.69, 9.17) is 0 Å². The Hall–Kier alpha value is -3.16. The van der Waals surface area contributed by atoms with Gasteiger partial charge in [0.05, 0.1) is 24.0 Å². The van der Waals surface area contributed by atoms with E-state index in [-0.39, 0.29) is 12.1 Å². The number of hydrogen-bond donors (Lipinski definition) is 1. The van der Waals surface area contributed by atoms with Gasteiger partial charge >= 0.3 is 0 Å². The van der Waals surface area contributed by atoms with Gasteiger partial charge < -0.3 is 9.55 Å². The number of aromatic nitrogens is 5. The number of aromatic amines is 1. The van der Waals surface area contributed by atoms with E-state index in [2.05, 4.69) is 33.8 Å². The molecular weight excluding hydrogens is 364 g/mol. The van der Waals surface area contributed by atoms with Crippen molar-refractivity contribution in [2.75, 3.05) is 0 Å². The van der Waals surface area contributed by atoms with Crippen LogP contribution in [0.4, 0.5) is 8.78 Å². The molecule has 0 spiro atoms. The highest BCUT2D eigenvalue weighted by Gasteiger charge is 2.17. The van der Waals surface area contributed by atoms with Gasteiger partial charge in [0, 0.05) is 17.9 Å². The maximum Gasteiger partial charge on any atom is 0.248 e. The SMILES string of the molecule is Cc1cnc2c(n1)nc(CC(C)C)n2Cc1cc(=O)[nH]c2c(F)c(F)ccc12. The molecule has 0 atom stereocenters. The average Bonchev–Trinajstić information content (AvgIpc) is 2.94. The first-order valence-corrected chi connectivity index (χ1v) is 9.02. The summed E-state index contributed by atoms with van der Waals surface area (Å²) in [7, 11) is 0. The zero-order valence-electron chi connectivity index (χ0n) is 15.8. The smallest absolute Gasteiger partial charge is 0.248 e. The van der Waals surface area contributed by atoms with Crippen molar-refractivity contribution in [1.82, 2.24) is 24.5 Å². The minimum Gasteiger partial charge on any atom is -0.319 e. The predicted octanol–water partition coefficient (Wildman–Crippen LogP) is 3.50. The van der Waals surface area contributed by atoms with Crippen molar-refractivity contribution in [3.63, 3.8) is 0 Å². The summed E-state index contributed by atoms with van der Waals surface area (Å²) in [5.41, 5.74) is 1.80. The Labute approximate surface area is 159 Å². The van der Waals surface area contributed by atoms with Crippen LogP contribution in [0.25, 0.3) is 22.2 Å². The van der Waals surface area contributed by atoms with Crippen molar-refractivity contribution in [3.05, 3.63) is 63.5 Å². The second-order valence-electron chi connectivity index (χ2n) is 7.31. The predicted molar refractivity (Wildman–Crippen MR) is 102 cm³/mol. The summed E-state index contributed by atoms with van der Waals surface area (Å²) in [6, 6.07) is 3.92. The number of imidazole rings is 1. The van der Waals surface area contributed by atoms with E-state index in [0.717, 1.165) is 17.6 Å². The van der Waals surface area contributed by atoms with E-state index in [1.165, 1.54) is 12.1 Å². The minimum absolute atomic E-state index is 0.140. The lowest BCUT2D eigenvalue weighted by atomic mass is 10.1. The van der Waals surface area contributed by atoms with E-state index in [1.54, 1.807) is 6.20 Å². The Kier molecular flexibility index (Phi) is 4.41. The lowest BCUT2D eigenvalue weighted by molar-refractivity contribution is 0.515. The van der Waals surface area contributed by atoms with Crippen molar-refractivity contribution in [3.8, 4) is 0 Å². The van der Waals surface area contributed by atoms with Crippen LogP contribution in [0, 0.1) is 24.5 Å². The van der Waals surface area contributed by atoms with Crippen LogP contribution in [-0.4, -0.2) is 24.5 Å². The number of H-pyrrole nitrogens is 1. The average molecular weight is 383 g/mol. The maximum absolute atomic E-state index is 14.2. The van der Waals surface area contributed by atoms with Gasteiger partial charge in [-0.05, 0) is 30.5 Å². The molecule has 8 heteroatoms. The molecule has 0 aliphatic heterocycles. The summed E-state index contributed by atoms with van der Waals surface area (Å²) in [5, 5.41) is 0.441. The molecule has 0 radical (unpaired) electrons. The highest BCUT2D eigenvalue weighted by molar-refractivity contribution is 5.82. The van der Waals surface area contributed by atoms with Crippen LogP contribution in [0.1, 0.15) is 30.9 Å². The van der Waals surface area contributed by atoms with Gasteiger partial charge in [-0.3, -0.25) is 4.79 Å². The summed E-state index contributed by atoms with van der Waals surface area (Å²) in [6.07, 6.45) is 2.35. The molecule has 0 saturated heterocycles. The molecule has 3 aromatic heterocycles. The molecule has 0 amide bonds. The first kappa shape index (κ1) is 18.2. The van der Waals surface area contributed by atoms with Gasteiger partial charge in [0.25, 0.3) is 0 Å². The number of nitrogens with one attached hydrogen (secondary N) is 1. The van der Waals surface area contributed by atoms with E-state index in [0.29, 0.717) is 34.6 Å². The van der Waals surface area contributed by atoms with Crippen LogP contribution in [0.15, 0.2) is 29.2 Å². The molecule has 1 N–H and O–H groups in total. The summed E-state index contributed by atoms with van der Waals surface area (Å²) >= 11 is 0. The standard InChI is InChI=1S/C20H19F2N5O/c1-10(2)6-15-25-19-20(23-8-11(3)24-19)27(15)9-12-7-16(28)26-18-13(12)4-5-14(21)17(18)22/h4-5,7-8,10H,6,9H2,1-3H3,(H,26,28). The number of benzene rings is 1. The second kappa shape index (κ2) is 6.78. The first-order valence-electron chi connectivity index (χ1n) is 9.02. The van der Waals surface area contributed by atoms with E-state index >= 15 is 0 Å². The maximum atomic E-state index is 14.2. The molecule has 144 valence electrons. The molecule has 0 unspecified atom stereocenters. The highest BCUT2D eigenvalue weighted by Crippen LogP contribution is 2.23. The van der Waals surface area contributed by atoms with Gasteiger partial charge in [-0.1, -0.05) is 13.8 Å². The topological polar surface area (TPSA) is 76.5 Å². The van der Waals surface area contributed by atoms with Crippen LogP contribution in [0.5, 0.6) is 0 Å². The van der Waals surface area contributed by atoms with Gasteiger partial charge in [-0.15, -0.1) is 0 Å². The van der Waals surface area contributed by atoms with Crippen LogP contribution in [0.3, 0.4) is 0 Å². The Morgan fingerprint density at radius 1 is 1.21 bits per heavy atom. The van der Waals surface area contributed by atoms with Crippen molar-refractivity contribution in [1.29, 1.82) is 0 Å².